The van der Waals surface area contributed by atoms with Crippen LogP contribution in [0.4, 0.5) is 0 Å². The number of rotatable bonds is 3. The number of carbonyl (C=O) groups excluding carboxylic acids is 1. The molecule has 3 nitrogen and oxygen atoms in total. The Morgan fingerprint density at radius 1 is 1.25 bits per heavy atom. The van der Waals surface area contributed by atoms with Gasteiger partial charge in [-0.1, -0.05) is 13.8 Å². The molecule has 3 heteroatoms. The number of hydrogen-bond donors (Lipinski definition) is 0. The number of amides is 1. The third-order valence-electron chi connectivity index (χ3n) is 4.12. The van der Waals surface area contributed by atoms with Gasteiger partial charge in [-0.25, -0.2) is 0 Å². The van der Waals surface area contributed by atoms with Gasteiger partial charge in [0.1, 0.15) is 0 Å². The highest BCUT2D eigenvalue weighted by atomic mass is 16.2. The number of nitrogens with zero attached hydrogens (tertiary/aromatic N) is 2. The second kappa shape index (κ2) is 5.17. The van der Waals surface area contributed by atoms with Crippen LogP contribution in [-0.2, 0) is 4.79 Å². The Bertz CT molecular complexity index is 240. The first-order valence-electron chi connectivity index (χ1n) is 6.69. The molecule has 2 heterocycles. The number of carbonyl (C=O) groups is 1. The van der Waals surface area contributed by atoms with E-state index in [1.165, 1.54) is 19.3 Å². The molecule has 0 aliphatic carbocycles. The van der Waals surface area contributed by atoms with Crippen molar-refractivity contribution in [2.45, 2.75) is 33.1 Å². The second-order valence-corrected chi connectivity index (χ2v) is 5.53. The summed E-state index contributed by atoms with van der Waals surface area (Å²) in [5.41, 5.74) is 0. The van der Waals surface area contributed by atoms with Gasteiger partial charge in [0.25, 0.3) is 0 Å². The molecule has 0 spiro atoms. The summed E-state index contributed by atoms with van der Waals surface area (Å²) in [6.07, 6.45) is 3.72. The maximum atomic E-state index is 11.9. The monoisotopic (exact) mass is 224 g/mol. The van der Waals surface area contributed by atoms with E-state index in [0.29, 0.717) is 12.5 Å². The Kier molecular flexibility index (Phi) is 3.85. The molecular weight excluding hydrogens is 200 g/mol. The number of hydrogen-bond acceptors (Lipinski definition) is 2. The van der Waals surface area contributed by atoms with Crippen LogP contribution < -0.4 is 0 Å². The van der Waals surface area contributed by atoms with Crippen LogP contribution in [0.1, 0.15) is 33.1 Å². The summed E-state index contributed by atoms with van der Waals surface area (Å²) >= 11 is 0. The van der Waals surface area contributed by atoms with Crippen LogP contribution in [0, 0.1) is 11.8 Å². The molecule has 0 bridgehead atoms. The molecule has 92 valence electrons. The van der Waals surface area contributed by atoms with Gasteiger partial charge in [0.2, 0.25) is 5.91 Å². The van der Waals surface area contributed by atoms with Crippen LogP contribution in [0.15, 0.2) is 0 Å². The minimum Gasteiger partial charge on any atom is -0.341 e. The van der Waals surface area contributed by atoms with Gasteiger partial charge in [0.05, 0.1) is 6.54 Å². The molecule has 2 fully saturated rings. The second-order valence-electron chi connectivity index (χ2n) is 5.53. The molecule has 16 heavy (non-hydrogen) atoms. The lowest BCUT2D eigenvalue weighted by molar-refractivity contribution is -0.139. The molecule has 2 saturated heterocycles. The Balaban J connectivity index is 1.68. The molecule has 0 saturated carbocycles. The van der Waals surface area contributed by atoms with Crippen molar-refractivity contribution in [1.82, 2.24) is 9.80 Å². The number of likely N-dealkylation sites (tertiary alicyclic amines) is 2. The summed E-state index contributed by atoms with van der Waals surface area (Å²) in [5, 5.41) is 0. The smallest absolute Gasteiger partial charge is 0.236 e. The highest BCUT2D eigenvalue weighted by molar-refractivity contribution is 5.79. The van der Waals surface area contributed by atoms with E-state index in [1.807, 2.05) is 4.90 Å². The Morgan fingerprint density at radius 2 is 1.88 bits per heavy atom. The quantitative estimate of drug-likeness (QED) is 0.727. The van der Waals surface area contributed by atoms with Gasteiger partial charge in [-0.3, -0.25) is 9.69 Å². The predicted molar refractivity (Wildman–Crippen MR) is 65.2 cm³/mol. The fraction of sp³-hybridized carbons (Fsp3) is 0.923. The summed E-state index contributed by atoms with van der Waals surface area (Å²) in [4.78, 5) is 16.3. The first-order valence-corrected chi connectivity index (χ1v) is 6.69. The molecule has 0 atom stereocenters. The van der Waals surface area contributed by atoms with E-state index in [-0.39, 0.29) is 0 Å². The maximum Gasteiger partial charge on any atom is 0.236 e. The largest absolute Gasteiger partial charge is 0.341 e. The summed E-state index contributed by atoms with van der Waals surface area (Å²) in [6.45, 7) is 9.39. The zero-order valence-corrected chi connectivity index (χ0v) is 10.6. The Morgan fingerprint density at radius 3 is 2.44 bits per heavy atom. The molecule has 0 N–H and O–H groups in total. The standard InChI is InChI=1S/C13H24N2O/c1-3-12-8-15(9-12)13(16)10-14-6-4-11(2)5-7-14/h11-12H,3-10H2,1-2H3. The van der Waals surface area contributed by atoms with Gasteiger partial charge < -0.3 is 4.90 Å². The molecule has 1 amide bonds. The van der Waals surface area contributed by atoms with Crippen molar-refractivity contribution < 1.29 is 4.79 Å². The maximum absolute atomic E-state index is 11.9. The molecule has 0 radical (unpaired) electrons. The molecule has 0 aromatic carbocycles. The SMILES string of the molecule is CCC1CN(C(=O)CN2CCC(C)CC2)C1. The summed E-state index contributed by atoms with van der Waals surface area (Å²) in [5.74, 6) is 1.96. The normalized spacial score (nSPS) is 24.5. The van der Waals surface area contributed by atoms with Crippen molar-refractivity contribution >= 4 is 5.91 Å². The summed E-state index contributed by atoms with van der Waals surface area (Å²) in [7, 11) is 0. The van der Waals surface area contributed by atoms with E-state index < -0.39 is 0 Å². The van der Waals surface area contributed by atoms with Gasteiger partial charge in [0.15, 0.2) is 0 Å². The molecule has 0 aromatic heterocycles. The Labute approximate surface area is 98.8 Å². The van der Waals surface area contributed by atoms with Crippen LogP contribution >= 0.6 is 0 Å². The van der Waals surface area contributed by atoms with Crippen molar-refractivity contribution in [3.63, 3.8) is 0 Å². The van der Waals surface area contributed by atoms with E-state index in [9.17, 15) is 4.79 Å². The molecule has 2 rings (SSSR count). The molecule has 0 aromatic rings. The fourth-order valence-corrected chi connectivity index (χ4v) is 2.54. The summed E-state index contributed by atoms with van der Waals surface area (Å²) in [6, 6.07) is 0. The lowest BCUT2D eigenvalue weighted by Gasteiger charge is -2.40. The minimum atomic E-state index is 0.347. The highest BCUT2D eigenvalue weighted by Gasteiger charge is 2.30. The van der Waals surface area contributed by atoms with Crippen LogP contribution in [0.3, 0.4) is 0 Å². The van der Waals surface area contributed by atoms with E-state index >= 15 is 0 Å². The lowest BCUT2D eigenvalue weighted by atomic mass is 9.97. The van der Waals surface area contributed by atoms with Crippen LogP contribution in [0.2, 0.25) is 0 Å². The summed E-state index contributed by atoms with van der Waals surface area (Å²) < 4.78 is 0. The first kappa shape index (κ1) is 11.9. The van der Waals surface area contributed by atoms with E-state index in [0.717, 1.165) is 38.0 Å². The van der Waals surface area contributed by atoms with Crippen molar-refractivity contribution in [2.24, 2.45) is 11.8 Å². The van der Waals surface area contributed by atoms with Crippen LogP contribution in [0.5, 0.6) is 0 Å². The molecular formula is C13H24N2O. The van der Waals surface area contributed by atoms with Crippen molar-refractivity contribution in [3.05, 3.63) is 0 Å². The number of piperidine rings is 1. The van der Waals surface area contributed by atoms with Crippen molar-refractivity contribution in [2.75, 3.05) is 32.7 Å². The molecule has 2 aliphatic heterocycles. The van der Waals surface area contributed by atoms with Gasteiger partial charge in [-0.15, -0.1) is 0 Å². The lowest BCUT2D eigenvalue weighted by Crippen LogP contribution is -2.53. The predicted octanol–water partition coefficient (Wildman–Crippen LogP) is 1.59. The zero-order chi connectivity index (χ0) is 11.5. The minimum absolute atomic E-state index is 0.347. The topological polar surface area (TPSA) is 23.6 Å². The average Bonchev–Trinajstić information content (AvgIpc) is 2.20. The van der Waals surface area contributed by atoms with Crippen molar-refractivity contribution in [3.8, 4) is 0 Å². The van der Waals surface area contributed by atoms with Crippen molar-refractivity contribution in [1.29, 1.82) is 0 Å². The third kappa shape index (κ3) is 2.76. The fourth-order valence-electron chi connectivity index (χ4n) is 2.54. The molecule has 0 unspecified atom stereocenters. The Hall–Kier alpha value is -0.570. The van der Waals surface area contributed by atoms with E-state index in [2.05, 4.69) is 18.7 Å². The zero-order valence-electron chi connectivity index (χ0n) is 10.6. The molecule has 2 aliphatic rings. The first-order chi connectivity index (χ1) is 7.69. The van der Waals surface area contributed by atoms with Gasteiger partial charge in [0, 0.05) is 13.1 Å². The third-order valence-corrected chi connectivity index (χ3v) is 4.12. The van der Waals surface area contributed by atoms with Gasteiger partial charge >= 0.3 is 0 Å². The highest BCUT2D eigenvalue weighted by Crippen LogP contribution is 2.20. The van der Waals surface area contributed by atoms with Gasteiger partial charge in [-0.05, 0) is 44.2 Å². The van der Waals surface area contributed by atoms with Gasteiger partial charge in [-0.2, -0.15) is 0 Å². The van der Waals surface area contributed by atoms with Crippen LogP contribution in [-0.4, -0.2) is 48.4 Å². The average molecular weight is 224 g/mol. The van der Waals surface area contributed by atoms with E-state index in [1.54, 1.807) is 0 Å². The van der Waals surface area contributed by atoms with Crippen LogP contribution in [0.25, 0.3) is 0 Å². The van der Waals surface area contributed by atoms with E-state index in [4.69, 9.17) is 0 Å².